The lowest BCUT2D eigenvalue weighted by Crippen LogP contribution is -2.65. The van der Waals surface area contributed by atoms with Gasteiger partial charge in [-0.1, -0.05) is 39.8 Å². The minimum atomic E-state index is -2.14. The molecule has 1 aromatic rings. The number of aliphatic hydroxyl groups excluding tert-OH is 2. The number of fused-ring (bicyclic) bond motifs is 1. The number of rotatable bonds is 4. The van der Waals surface area contributed by atoms with Gasteiger partial charge < -0.3 is 24.6 Å². The van der Waals surface area contributed by atoms with E-state index in [1.165, 1.54) is 0 Å². The number of carbonyl (C=O) groups excluding carboxylic acids is 2. The zero-order valence-electron chi connectivity index (χ0n) is 23.0. The third-order valence-electron chi connectivity index (χ3n) is 10.4. The van der Waals surface area contributed by atoms with E-state index in [-0.39, 0.29) is 23.2 Å². The van der Waals surface area contributed by atoms with E-state index >= 15 is 0 Å². The van der Waals surface area contributed by atoms with Crippen molar-refractivity contribution in [1.82, 2.24) is 4.57 Å². The smallest absolute Gasteiger partial charge is 0.340 e. The van der Waals surface area contributed by atoms with Crippen LogP contribution in [0.5, 0.6) is 0 Å². The second-order valence-electron chi connectivity index (χ2n) is 12.8. The van der Waals surface area contributed by atoms with Crippen molar-refractivity contribution in [3.63, 3.8) is 0 Å². The van der Waals surface area contributed by atoms with Gasteiger partial charge in [0.2, 0.25) is 0 Å². The van der Waals surface area contributed by atoms with E-state index in [0.717, 1.165) is 24.2 Å². The normalized spacial score (nSPS) is 38.9. The Kier molecular flexibility index (Phi) is 5.98. The van der Waals surface area contributed by atoms with E-state index in [0.29, 0.717) is 23.6 Å². The number of allylic oxidation sites excluding steroid dienone is 1. The van der Waals surface area contributed by atoms with Gasteiger partial charge in [0.1, 0.15) is 6.10 Å². The third-order valence-corrected chi connectivity index (χ3v) is 10.4. The van der Waals surface area contributed by atoms with Gasteiger partial charge in [-0.2, -0.15) is 0 Å². The Morgan fingerprint density at radius 2 is 1.81 bits per heavy atom. The Hall–Kier alpha value is -2.22. The van der Waals surface area contributed by atoms with E-state index in [4.69, 9.17) is 4.74 Å². The summed E-state index contributed by atoms with van der Waals surface area (Å²) in [6.45, 7) is 13.2. The van der Waals surface area contributed by atoms with Gasteiger partial charge in [-0.15, -0.1) is 0 Å². The van der Waals surface area contributed by atoms with Crippen molar-refractivity contribution in [2.45, 2.75) is 91.6 Å². The molecule has 4 aliphatic carbocycles. The molecule has 0 radical (unpaired) electrons. The SMILES string of the molecule is CC1=C[C@]23C(=O)[C@@H](C=C(CO)[C@@H](O)[C@]2(O)[C@H]1OC(=O)c1cc(C)n(C2CC2)c1C)C(C)(C)[C@@H](C)C[C@H]3C. The molecular formula is C30H41NO6. The molecule has 37 heavy (non-hydrogen) atoms. The van der Waals surface area contributed by atoms with Crippen molar-refractivity contribution in [2.24, 2.45) is 28.6 Å². The molecule has 5 rings (SSSR count). The van der Waals surface area contributed by atoms with Crippen LogP contribution in [-0.4, -0.2) is 56.1 Å². The summed E-state index contributed by atoms with van der Waals surface area (Å²) in [5, 5.41) is 34.5. The molecule has 2 saturated carbocycles. The molecule has 0 aliphatic heterocycles. The third kappa shape index (κ3) is 3.36. The number of aliphatic hydroxyl groups is 3. The highest BCUT2D eigenvalue weighted by atomic mass is 16.6. The second kappa shape index (κ2) is 8.39. The lowest BCUT2D eigenvalue weighted by molar-refractivity contribution is -0.190. The van der Waals surface area contributed by atoms with Gasteiger partial charge >= 0.3 is 5.97 Å². The van der Waals surface area contributed by atoms with Gasteiger partial charge in [0, 0.05) is 23.3 Å². The highest BCUT2D eigenvalue weighted by molar-refractivity contribution is 5.96. The highest BCUT2D eigenvalue weighted by Gasteiger charge is 2.73. The number of hydrogen-bond acceptors (Lipinski definition) is 6. The molecule has 1 spiro atoms. The lowest BCUT2D eigenvalue weighted by Gasteiger charge is -2.48. The zero-order valence-corrected chi connectivity index (χ0v) is 23.0. The first-order valence-corrected chi connectivity index (χ1v) is 13.6. The molecular weight excluding hydrogens is 470 g/mol. The van der Waals surface area contributed by atoms with Crippen molar-refractivity contribution in [3.05, 3.63) is 46.3 Å². The number of nitrogens with zero attached hydrogens (tertiary/aromatic N) is 1. The largest absolute Gasteiger partial charge is 0.451 e. The first kappa shape index (κ1) is 26.4. The number of ketones is 1. The highest BCUT2D eigenvalue weighted by Crippen LogP contribution is 2.62. The van der Waals surface area contributed by atoms with Crippen LogP contribution >= 0.6 is 0 Å². The molecule has 4 aliphatic rings. The predicted octanol–water partition coefficient (Wildman–Crippen LogP) is 3.82. The topological polar surface area (TPSA) is 109 Å². The average Bonchev–Trinajstić information content (AvgIpc) is 3.59. The molecule has 1 heterocycles. The molecule has 7 atom stereocenters. The van der Waals surface area contributed by atoms with Crippen molar-refractivity contribution in [2.75, 3.05) is 6.61 Å². The molecule has 2 bridgehead atoms. The molecule has 1 aromatic heterocycles. The number of esters is 1. The summed E-state index contributed by atoms with van der Waals surface area (Å²) in [4.78, 5) is 28.1. The van der Waals surface area contributed by atoms with Crippen LogP contribution < -0.4 is 0 Å². The number of ether oxygens (including phenoxy) is 1. The molecule has 0 unspecified atom stereocenters. The van der Waals surface area contributed by atoms with Crippen molar-refractivity contribution < 1.29 is 29.6 Å². The Labute approximate surface area is 219 Å². The maximum Gasteiger partial charge on any atom is 0.340 e. The van der Waals surface area contributed by atoms with Gasteiger partial charge in [0.25, 0.3) is 0 Å². The van der Waals surface area contributed by atoms with Crippen LogP contribution in [-0.2, 0) is 9.53 Å². The van der Waals surface area contributed by atoms with Crippen molar-refractivity contribution in [1.29, 1.82) is 0 Å². The van der Waals surface area contributed by atoms with Gasteiger partial charge in [0.05, 0.1) is 17.6 Å². The Morgan fingerprint density at radius 3 is 2.41 bits per heavy atom. The fourth-order valence-electron chi connectivity index (χ4n) is 7.70. The summed E-state index contributed by atoms with van der Waals surface area (Å²) in [6, 6.07) is 2.21. The van der Waals surface area contributed by atoms with E-state index in [1.54, 1.807) is 19.1 Å². The van der Waals surface area contributed by atoms with Gasteiger partial charge in [-0.05, 0) is 74.5 Å². The minimum absolute atomic E-state index is 0.134. The number of hydrogen-bond donors (Lipinski definition) is 3. The van der Waals surface area contributed by atoms with Gasteiger partial charge in [-0.3, -0.25) is 4.79 Å². The monoisotopic (exact) mass is 511 g/mol. The number of Topliss-reactive ketones (excluding diaryl/α,β-unsaturated/α-hetero) is 1. The summed E-state index contributed by atoms with van der Waals surface area (Å²) in [7, 11) is 0. The Bertz CT molecular complexity index is 1220. The number of aromatic nitrogens is 1. The minimum Gasteiger partial charge on any atom is -0.451 e. The predicted molar refractivity (Wildman–Crippen MR) is 139 cm³/mol. The molecule has 2 fully saturated rings. The quantitative estimate of drug-likeness (QED) is 0.419. The van der Waals surface area contributed by atoms with Crippen LogP contribution in [0.3, 0.4) is 0 Å². The first-order valence-electron chi connectivity index (χ1n) is 13.6. The van der Waals surface area contributed by atoms with Crippen LogP contribution in [0.4, 0.5) is 0 Å². The fraction of sp³-hybridized carbons (Fsp3) is 0.667. The van der Waals surface area contributed by atoms with Crippen LogP contribution in [0.15, 0.2) is 29.4 Å². The zero-order chi connectivity index (χ0) is 27.2. The van der Waals surface area contributed by atoms with Crippen LogP contribution in [0.1, 0.15) is 81.7 Å². The molecule has 0 aromatic carbocycles. The standard InChI is InChI=1S/C30H41NO6/c1-15-13-29-17(3)10-16(2)28(6,7)23(25(29)34)12-20(14-32)24(33)30(29,36)26(15)37-27(35)22-11-18(4)31(19(22)5)21-8-9-21/h11-13,16-17,21,23-24,26,32-33,36H,8-10,14H2,1-7H3/t16-,17+,23+,24+,26-,29-,30-/m0/s1. The Balaban J connectivity index is 1.63. The van der Waals surface area contributed by atoms with Crippen molar-refractivity contribution in [3.8, 4) is 0 Å². The van der Waals surface area contributed by atoms with Crippen LogP contribution in [0.25, 0.3) is 0 Å². The molecule has 3 N–H and O–H groups in total. The maximum absolute atomic E-state index is 14.5. The summed E-state index contributed by atoms with van der Waals surface area (Å²) < 4.78 is 8.22. The summed E-state index contributed by atoms with van der Waals surface area (Å²) in [5.41, 5.74) is -1.12. The van der Waals surface area contributed by atoms with E-state index in [1.807, 2.05) is 40.7 Å². The first-order chi connectivity index (χ1) is 17.2. The Morgan fingerprint density at radius 1 is 1.16 bits per heavy atom. The van der Waals surface area contributed by atoms with E-state index < -0.39 is 47.1 Å². The van der Waals surface area contributed by atoms with E-state index in [9.17, 15) is 24.9 Å². The molecule has 7 nitrogen and oxygen atoms in total. The second-order valence-corrected chi connectivity index (χ2v) is 12.8. The maximum atomic E-state index is 14.5. The van der Waals surface area contributed by atoms with Crippen LogP contribution in [0, 0.1) is 42.4 Å². The summed E-state index contributed by atoms with van der Waals surface area (Å²) in [5.74, 6) is -1.59. The average molecular weight is 512 g/mol. The van der Waals surface area contributed by atoms with E-state index in [2.05, 4.69) is 11.5 Å². The molecule has 7 heteroatoms. The number of aryl methyl sites for hydroxylation is 1. The van der Waals surface area contributed by atoms with Crippen molar-refractivity contribution >= 4 is 11.8 Å². The molecule has 202 valence electrons. The summed E-state index contributed by atoms with van der Waals surface area (Å²) >= 11 is 0. The van der Waals surface area contributed by atoms with Gasteiger partial charge in [0.15, 0.2) is 17.5 Å². The molecule has 0 saturated heterocycles. The summed E-state index contributed by atoms with van der Waals surface area (Å²) in [6.07, 6.45) is 3.40. The van der Waals surface area contributed by atoms with Crippen LogP contribution in [0.2, 0.25) is 0 Å². The number of carbonyl (C=O) groups is 2. The molecule has 0 amide bonds. The lowest BCUT2D eigenvalue weighted by atomic mass is 9.59. The fourth-order valence-corrected chi connectivity index (χ4v) is 7.70. The van der Waals surface area contributed by atoms with Gasteiger partial charge in [-0.25, -0.2) is 4.79 Å².